The number of nitrogens with zero attached hydrogens (tertiary/aromatic N) is 4. The molecule has 1 aliphatic carbocycles. The second kappa shape index (κ2) is 9.17. The number of aromatic nitrogens is 3. The second-order valence-electron chi connectivity index (χ2n) is 9.68. The standard InChI is InChI=1S/C29H30N6O/c1-33(2)21-10-8-20(9-11-21)19-34-14-16-35(17-15-34)22-12-13-25-26(18-22)31-28(30-25)27-23-6-4-3-5-7-24(23)32-29(27)36/h3-13,18H,14-17,19H2,1-2H3,(H,30,31)(H,32,36). The summed E-state index contributed by atoms with van der Waals surface area (Å²) in [5.74, 6) is 0.606. The molecule has 36 heavy (non-hydrogen) atoms. The van der Waals surface area contributed by atoms with Crippen molar-refractivity contribution < 1.29 is 0 Å². The van der Waals surface area contributed by atoms with Gasteiger partial charge in [-0.25, -0.2) is 4.98 Å². The van der Waals surface area contributed by atoms with Crippen LogP contribution >= 0.6 is 0 Å². The van der Waals surface area contributed by atoms with Crippen LogP contribution in [-0.2, 0) is 6.54 Å². The molecule has 7 nitrogen and oxygen atoms in total. The molecule has 1 saturated heterocycles. The summed E-state index contributed by atoms with van der Waals surface area (Å²) in [6.07, 6.45) is 0. The van der Waals surface area contributed by atoms with E-state index in [0.29, 0.717) is 11.4 Å². The third kappa shape index (κ3) is 4.22. The first-order chi connectivity index (χ1) is 17.5. The Bertz CT molecular complexity index is 1530. The minimum Gasteiger partial charge on any atom is -0.378 e. The summed E-state index contributed by atoms with van der Waals surface area (Å²) in [5, 5.41) is 0. The van der Waals surface area contributed by atoms with E-state index in [1.165, 1.54) is 16.9 Å². The number of rotatable bonds is 5. The Morgan fingerprint density at radius 1 is 0.889 bits per heavy atom. The third-order valence-electron chi connectivity index (χ3n) is 7.08. The molecule has 0 unspecified atom stereocenters. The molecule has 2 aliphatic heterocycles. The number of nitrogens with one attached hydrogen (secondary N) is 2. The highest BCUT2D eigenvalue weighted by Gasteiger charge is 2.21. The summed E-state index contributed by atoms with van der Waals surface area (Å²) in [7, 11) is 4.14. The number of piperazine rings is 1. The molecule has 3 heterocycles. The van der Waals surface area contributed by atoms with Gasteiger partial charge in [-0.3, -0.25) is 9.69 Å². The van der Waals surface area contributed by atoms with Crippen LogP contribution in [0.1, 0.15) is 5.56 Å². The number of hydrogen-bond donors (Lipinski definition) is 2. The summed E-state index contributed by atoms with van der Waals surface area (Å²) in [6.45, 7) is 4.98. The highest BCUT2D eigenvalue weighted by atomic mass is 16.1. The lowest BCUT2D eigenvalue weighted by molar-refractivity contribution is 0.250. The summed E-state index contributed by atoms with van der Waals surface area (Å²) in [4.78, 5) is 30.9. The molecule has 0 amide bonds. The van der Waals surface area contributed by atoms with Crippen molar-refractivity contribution in [2.45, 2.75) is 6.54 Å². The van der Waals surface area contributed by atoms with Crippen LogP contribution in [0, 0.1) is 0 Å². The van der Waals surface area contributed by atoms with E-state index in [4.69, 9.17) is 4.98 Å². The fraction of sp³-hybridized carbons (Fsp3) is 0.241. The van der Waals surface area contributed by atoms with E-state index in [1.807, 2.05) is 36.4 Å². The monoisotopic (exact) mass is 478 g/mol. The van der Waals surface area contributed by atoms with Gasteiger partial charge in [0.2, 0.25) is 0 Å². The van der Waals surface area contributed by atoms with Crippen molar-refractivity contribution >= 4 is 22.4 Å². The molecule has 1 fully saturated rings. The Labute approximate surface area is 210 Å². The summed E-state index contributed by atoms with van der Waals surface area (Å²) >= 11 is 0. The van der Waals surface area contributed by atoms with Gasteiger partial charge in [0.05, 0.1) is 16.6 Å². The largest absolute Gasteiger partial charge is 0.378 e. The van der Waals surface area contributed by atoms with Gasteiger partial charge in [0.1, 0.15) is 5.82 Å². The zero-order chi connectivity index (χ0) is 24.6. The molecule has 3 aliphatic rings. The van der Waals surface area contributed by atoms with E-state index in [0.717, 1.165) is 55.0 Å². The zero-order valence-electron chi connectivity index (χ0n) is 20.7. The fourth-order valence-electron chi connectivity index (χ4n) is 5.05. The van der Waals surface area contributed by atoms with Crippen molar-refractivity contribution in [1.82, 2.24) is 19.9 Å². The average Bonchev–Trinajstić information content (AvgIpc) is 3.35. The van der Waals surface area contributed by atoms with E-state index < -0.39 is 0 Å². The van der Waals surface area contributed by atoms with Crippen molar-refractivity contribution in [1.29, 1.82) is 0 Å². The van der Waals surface area contributed by atoms with Crippen molar-refractivity contribution in [2.75, 3.05) is 50.1 Å². The summed E-state index contributed by atoms with van der Waals surface area (Å²) in [5.41, 5.74) is 7.72. The highest BCUT2D eigenvalue weighted by molar-refractivity contribution is 5.87. The minimum absolute atomic E-state index is 0.122. The molecule has 1 aromatic heterocycles. The number of H-pyrrole nitrogens is 2. The predicted octanol–water partition coefficient (Wildman–Crippen LogP) is 4.41. The van der Waals surface area contributed by atoms with Crippen LogP contribution in [0.3, 0.4) is 0 Å². The van der Waals surface area contributed by atoms with Crippen LogP contribution in [0.25, 0.3) is 33.7 Å². The Morgan fingerprint density at radius 3 is 2.44 bits per heavy atom. The van der Waals surface area contributed by atoms with Crippen molar-refractivity contribution in [3.05, 3.63) is 88.7 Å². The van der Waals surface area contributed by atoms with E-state index in [1.54, 1.807) is 0 Å². The van der Waals surface area contributed by atoms with Gasteiger partial charge in [-0.2, -0.15) is 0 Å². The molecule has 0 saturated carbocycles. The minimum atomic E-state index is -0.122. The van der Waals surface area contributed by atoms with Gasteiger partial charge in [0.25, 0.3) is 5.56 Å². The molecule has 0 radical (unpaired) electrons. The van der Waals surface area contributed by atoms with Gasteiger partial charge in [0.15, 0.2) is 0 Å². The number of hydrogen-bond acceptors (Lipinski definition) is 5. The van der Waals surface area contributed by atoms with Crippen LogP contribution < -0.4 is 15.4 Å². The van der Waals surface area contributed by atoms with E-state index in [9.17, 15) is 4.79 Å². The van der Waals surface area contributed by atoms with E-state index in [2.05, 4.69) is 75.2 Å². The SMILES string of the molecule is CN(C)c1ccc(CN2CCN(c3ccc4nc(-c5c6cccccc-6[nH]c5=O)[nH]c4c3)CC2)cc1. The molecule has 6 rings (SSSR count). The lowest BCUT2D eigenvalue weighted by Gasteiger charge is -2.36. The first-order valence-electron chi connectivity index (χ1n) is 12.4. The molecule has 0 spiro atoms. The van der Waals surface area contributed by atoms with E-state index >= 15 is 0 Å². The Kier molecular flexibility index (Phi) is 5.70. The van der Waals surface area contributed by atoms with Gasteiger partial charge in [-0.1, -0.05) is 36.4 Å². The van der Waals surface area contributed by atoms with Crippen molar-refractivity contribution in [3.63, 3.8) is 0 Å². The Hall–Kier alpha value is -4.10. The number of anilines is 2. The van der Waals surface area contributed by atoms with Crippen LogP contribution in [0.4, 0.5) is 11.4 Å². The molecule has 7 heteroatoms. The van der Waals surface area contributed by atoms with Crippen LogP contribution in [0.5, 0.6) is 0 Å². The zero-order valence-corrected chi connectivity index (χ0v) is 20.7. The topological polar surface area (TPSA) is 71.3 Å². The molecule has 2 N–H and O–H groups in total. The number of benzene rings is 2. The molecule has 182 valence electrons. The van der Waals surface area contributed by atoms with Crippen LogP contribution in [-0.4, -0.2) is 60.1 Å². The van der Waals surface area contributed by atoms with E-state index in [-0.39, 0.29) is 5.56 Å². The average molecular weight is 479 g/mol. The maximum Gasteiger partial charge on any atom is 0.260 e. The smallest absolute Gasteiger partial charge is 0.260 e. The van der Waals surface area contributed by atoms with Gasteiger partial charge >= 0.3 is 0 Å². The normalized spacial score (nSPS) is 14.6. The molecule has 0 bridgehead atoms. The van der Waals surface area contributed by atoms with Crippen molar-refractivity contribution in [3.8, 4) is 22.6 Å². The van der Waals surface area contributed by atoms with Crippen LogP contribution in [0.2, 0.25) is 0 Å². The van der Waals surface area contributed by atoms with Crippen molar-refractivity contribution in [2.24, 2.45) is 0 Å². The maximum absolute atomic E-state index is 12.7. The number of imidazole rings is 1. The first kappa shape index (κ1) is 22.4. The van der Waals surface area contributed by atoms with Gasteiger partial charge in [-0.15, -0.1) is 0 Å². The molecule has 3 aromatic rings. The fourth-order valence-corrected chi connectivity index (χ4v) is 5.05. The lowest BCUT2D eigenvalue weighted by Crippen LogP contribution is -2.45. The Morgan fingerprint density at radius 2 is 1.67 bits per heavy atom. The van der Waals surface area contributed by atoms with Gasteiger partial charge < -0.3 is 19.8 Å². The first-order valence-corrected chi connectivity index (χ1v) is 12.4. The second-order valence-corrected chi connectivity index (χ2v) is 9.68. The highest BCUT2D eigenvalue weighted by Crippen LogP contribution is 2.30. The molecule has 0 atom stereocenters. The Balaban J connectivity index is 1.17. The molecule has 2 aromatic carbocycles. The molecular weight excluding hydrogens is 448 g/mol. The van der Waals surface area contributed by atoms with Crippen LogP contribution in [0.15, 0.2) is 77.6 Å². The summed E-state index contributed by atoms with van der Waals surface area (Å²) < 4.78 is 0. The predicted molar refractivity (Wildman–Crippen MR) is 147 cm³/mol. The van der Waals surface area contributed by atoms with Gasteiger partial charge in [-0.05, 0) is 42.0 Å². The third-order valence-corrected chi connectivity index (χ3v) is 7.08. The maximum atomic E-state index is 12.7. The molecular formula is C29H30N6O. The summed E-state index contributed by atoms with van der Waals surface area (Å²) in [6, 6.07) is 24.9. The number of fused-ring (bicyclic) bond motifs is 2. The number of aromatic amines is 2. The van der Waals surface area contributed by atoms with Gasteiger partial charge in [0, 0.05) is 69.5 Å². The quantitative estimate of drug-likeness (QED) is 0.392. The lowest BCUT2D eigenvalue weighted by atomic mass is 10.1.